The van der Waals surface area contributed by atoms with E-state index in [1.165, 1.54) is 12.8 Å². The number of hydrogen-bond acceptors (Lipinski definition) is 2. The first-order chi connectivity index (χ1) is 4.33. The Morgan fingerprint density at radius 1 is 1.56 bits per heavy atom. The highest BCUT2D eigenvalue weighted by atomic mass is 16.5. The first-order valence-corrected chi connectivity index (χ1v) is 3.68. The van der Waals surface area contributed by atoms with Crippen LogP contribution in [0.1, 0.15) is 26.2 Å². The van der Waals surface area contributed by atoms with Gasteiger partial charge in [-0.1, -0.05) is 0 Å². The summed E-state index contributed by atoms with van der Waals surface area (Å²) in [6.45, 7) is 2.88. The molecule has 2 N–H and O–H groups in total. The van der Waals surface area contributed by atoms with Gasteiger partial charge in [0.1, 0.15) is 0 Å². The monoisotopic (exact) mass is 129 g/mol. The third-order valence-electron chi connectivity index (χ3n) is 1.81. The van der Waals surface area contributed by atoms with E-state index in [4.69, 9.17) is 10.5 Å². The summed E-state index contributed by atoms with van der Waals surface area (Å²) in [5.74, 6) is 0. The molecule has 1 unspecified atom stereocenters. The number of nitrogens with two attached hydrogens (primary N) is 1. The summed E-state index contributed by atoms with van der Waals surface area (Å²) in [6, 6.07) is 0. The van der Waals surface area contributed by atoms with E-state index in [1.807, 2.05) is 0 Å². The molecule has 1 fully saturated rings. The van der Waals surface area contributed by atoms with Gasteiger partial charge in [-0.25, -0.2) is 0 Å². The molecule has 0 aromatic heterocycles. The molecule has 1 heterocycles. The van der Waals surface area contributed by atoms with Crippen LogP contribution in [0.25, 0.3) is 0 Å². The highest BCUT2D eigenvalue weighted by Gasteiger charge is 2.20. The van der Waals surface area contributed by atoms with E-state index < -0.39 is 0 Å². The first-order valence-electron chi connectivity index (χ1n) is 3.68. The van der Waals surface area contributed by atoms with E-state index in [0.29, 0.717) is 12.2 Å². The standard InChI is InChI=1S/C7H15NO/c1-6-2-3-7(9-6)4-5-8/h6-7H,2-5,8H2,1H3/t6-,7?/m0/s1. The van der Waals surface area contributed by atoms with Crippen LogP contribution in [0.4, 0.5) is 0 Å². The predicted molar refractivity (Wildman–Crippen MR) is 37.2 cm³/mol. The van der Waals surface area contributed by atoms with Gasteiger partial charge in [-0.15, -0.1) is 0 Å². The Labute approximate surface area is 56.4 Å². The maximum absolute atomic E-state index is 5.52. The van der Waals surface area contributed by atoms with E-state index in [9.17, 15) is 0 Å². The van der Waals surface area contributed by atoms with E-state index in [0.717, 1.165) is 13.0 Å². The van der Waals surface area contributed by atoms with Gasteiger partial charge in [-0.05, 0) is 32.7 Å². The average Bonchev–Trinajstić information content (AvgIpc) is 2.17. The van der Waals surface area contributed by atoms with E-state index >= 15 is 0 Å². The van der Waals surface area contributed by atoms with Crippen molar-refractivity contribution in [2.24, 2.45) is 5.73 Å². The molecular formula is C7H15NO. The van der Waals surface area contributed by atoms with Crippen molar-refractivity contribution in [1.82, 2.24) is 0 Å². The minimum absolute atomic E-state index is 0.463. The van der Waals surface area contributed by atoms with Crippen LogP contribution in [0.5, 0.6) is 0 Å². The molecule has 2 atom stereocenters. The molecule has 1 aliphatic heterocycles. The van der Waals surface area contributed by atoms with Crippen molar-refractivity contribution in [2.45, 2.75) is 38.4 Å². The number of rotatable bonds is 2. The van der Waals surface area contributed by atoms with Crippen molar-refractivity contribution in [3.63, 3.8) is 0 Å². The van der Waals surface area contributed by atoms with Crippen LogP contribution in [0, 0.1) is 0 Å². The van der Waals surface area contributed by atoms with Gasteiger partial charge in [0, 0.05) is 0 Å². The molecule has 2 heteroatoms. The predicted octanol–water partition coefficient (Wildman–Crippen LogP) is 0.903. The van der Waals surface area contributed by atoms with Crippen LogP contribution >= 0.6 is 0 Å². The molecule has 0 saturated carbocycles. The zero-order valence-corrected chi connectivity index (χ0v) is 5.97. The molecule has 54 valence electrons. The SMILES string of the molecule is C[C@H]1CCC(CCN)O1. The van der Waals surface area contributed by atoms with Crippen molar-refractivity contribution < 1.29 is 4.74 Å². The molecule has 9 heavy (non-hydrogen) atoms. The summed E-state index contributed by atoms with van der Waals surface area (Å²) in [6.07, 6.45) is 4.39. The first kappa shape index (κ1) is 7.03. The second-order valence-electron chi connectivity index (χ2n) is 2.72. The molecular weight excluding hydrogens is 114 g/mol. The summed E-state index contributed by atoms with van der Waals surface area (Å²) in [5, 5.41) is 0. The van der Waals surface area contributed by atoms with Crippen LogP contribution in [0.3, 0.4) is 0 Å². The molecule has 1 saturated heterocycles. The fraction of sp³-hybridized carbons (Fsp3) is 1.00. The molecule has 0 aromatic carbocycles. The van der Waals surface area contributed by atoms with Crippen LogP contribution < -0.4 is 5.73 Å². The van der Waals surface area contributed by atoms with Crippen LogP contribution in [0.2, 0.25) is 0 Å². The lowest BCUT2D eigenvalue weighted by molar-refractivity contribution is 0.0525. The molecule has 1 rings (SSSR count). The van der Waals surface area contributed by atoms with Crippen LogP contribution in [0.15, 0.2) is 0 Å². The number of ether oxygens (including phenoxy) is 1. The van der Waals surface area contributed by atoms with E-state index in [-0.39, 0.29) is 0 Å². The maximum Gasteiger partial charge on any atom is 0.0591 e. The fourth-order valence-corrected chi connectivity index (χ4v) is 1.28. The molecule has 0 amide bonds. The summed E-state index contributed by atoms with van der Waals surface area (Å²) in [5.41, 5.74) is 5.37. The Kier molecular flexibility index (Phi) is 2.49. The van der Waals surface area contributed by atoms with Crippen LogP contribution in [-0.4, -0.2) is 18.8 Å². The quantitative estimate of drug-likeness (QED) is 0.601. The van der Waals surface area contributed by atoms with Crippen molar-refractivity contribution in [1.29, 1.82) is 0 Å². The van der Waals surface area contributed by atoms with Gasteiger partial charge in [0.15, 0.2) is 0 Å². The number of hydrogen-bond donors (Lipinski definition) is 1. The molecule has 0 aromatic rings. The summed E-state index contributed by atoms with van der Waals surface area (Å²) >= 11 is 0. The van der Waals surface area contributed by atoms with Crippen LogP contribution in [-0.2, 0) is 4.74 Å². The molecule has 0 radical (unpaired) electrons. The Hall–Kier alpha value is -0.0800. The molecule has 0 spiro atoms. The van der Waals surface area contributed by atoms with E-state index in [2.05, 4.69) is 6.92 Å². The summed E-state index contributed by atoms with van der Waals surface area (Å²) < 4.78 is 5.52. The average molecular weight is 129 g/mol. The molecule has 2 nitrogen and oxygen atoms in total. The largest absolute Gasteiger partial charge is 0.375 e. The maximum atomic E-state index is 5.52. The Balaban J connectivity index is 2.14. The smallest absolute Gasteiger partial charge is 0.0591 e. The van der Waals surface area contributed by atoms with Crippen molar-refractivity contribution in [2.75, 3.05) is 6.54 Å². The molecule has 0 aliphatic carbocycles. The van der Waals surface area contributed by atoms with Gasteiger partial charge < -0.3 is 10.5 Å². The molecule has 1 aliphatic rings. The summed E-state index contributed by atoms with van der Waals surface area (Å²) in [7, 11) is 0. The lowest BCUT2D eigenvalue weighted by atomic mass is 10.1. The van der Waals surface area contributed by atoms with Gasteiger partial charge >= 0.3 is 0 Å². The van der Waals surface area contributed by atoms with Crippen molar-refractivity contribution >= 4 is 0 Å². The minimum atomic E-state index is 0.463. The minimum Gasteiger partial charge on any atom is -0.375 e. The van der Waals surface area contributed by atoms with Gasteiger partial charge in [-0.3, -0.25) is 0 Å². The second-order valence-corrected chi connectivity index (χ2v) is 2.72. The zero-order valence-electron chi connectivity index (χ0n) is 5.97. The highest BCUT2D eigenvalue weighted by Crippen LogP contribution is 2.20. The normalized spacial score (nSPS) is 35.3. The summed E-state index contributed by atoms with van der Waals surface area (Å²) in [4.78, 5) is 0. The Morgan fingerprint density at radius 2 is 2.33 bits per heavy atom. The van der Waals surface area contributed by atoms with Crippen molar-refractivity contribution in [3.8, 4) is 0 Å². The van der Waals surface area contributed by atoms with E-state index in [1.54, 1.807) is 0 Å². The van der Waals surface area contributed by atoms with Crippen molar-refractivity contribution in [3.05, 3.63) is 0 Å². The third-order valence-corrected chi connectivity index (χ3v) is 1.81. The topological polar surface area (TPSA) is 35.2 Å². The molecule has 0 bridgehead atoms. The Bertz CT molecular complexity index is 83.0. The Morgan fingerprint density at radius 3 is 2.78 bits per heavy atom. The highest BCUT2D eigenvalue weighted by molar-refractivity contribution is 4.70. The van der Waals surface area contributed by atoms with Gasteiger partial charge in [0.2, 0.25) is 0 Å². The third kappa shape index (κ3) is 1.95. The fourth-order valence-electron chi connectivity index (χ4n) is 1.28. The second kappa shape index (κ2) is 3.18. The van der Waals surface area contributed by atoms with Gasteiger partial charge in [-0.2, -0.15) is 0 Å². The zero-order chi connectivity index (χ0) is 6.69. The lowest BCUT2D eigenvalue weighted by Gasteiger charge is -2.07. The van der Waals surface area contributed by atoms with Gasteiger partial charge in [0.25, 0.3) is 0 Å². The van der Waals surface area contributed by atoms with Gasteiger partial charge in [0.05, 0.1) is 12.2 Å². The lowest BCUT2D eigenvalue weighted by Crippen LogP contribution is -2.13.